The molecule has 1 aromatic rings. The zero-order valence-electron chi connectivity index (χ0n) is 8.42. The molecule has 4 nitrogen and oxygen atoms in total. The van der Waals surface area contributed by atoms with Crippen molar-refractivity contribution in [3.63, 3.8) is 0 Å². The number of ether oxygens (including phenoxy) is 1. The summed E-state index contributed by atoms with van der Waals surface area (Å²) in [5.41, 5.74) is 0.979. The number of nitrogens with one attached hydrogen (secondary N) is 2. The third-order valence-corrected chi connectivity index (χ3v) is 1.98. The summed E-state index contributed by atoms with van der Waals surface area (Å²) in [6, 6.07) is 1.95. The Labute approximate surface area is 78.7 Å². The molecule has 1 heterocycles. The highest BCUT2D eigenvalue weighted by Gasteiger charge is 2.14. The van der Waals surface area contributed by atoms with Crippen molar-refractivity contribution < 1.29 is 4.74 Å². The van der Waals surface area contributed by atoms with Gasteiger partial charge in [-0.15, -0.1) is 0 Å². The van der Waals surface area contributed by atoms with Crippen LogP contribution < -0.4 is 5.32 Å². The first kappa shape index (κ1) is 10.2. The Bertz CT molecular complexity index is 231. The van der Waals surface area contributed by atoms with Gasteiger partial charge in [0.05, 0.1) is 5.60 Å². The topological polar surface area (TPSA) is 49.9 Å². The molecule has 0 aliphatic rings. The maximum Gasteiger partial charge on any atom is 0.0746 e. The van der Waals surface area contributed by atoms with Crippen LogP contribution in [0, 0.1) is 0 Å². The summed E-state index contributed by atoms with van der Waals surface area (Å²) in [6.45, 7) is 5.72. The lowest BCUT2D eigenvalue weighted by Gasteiger charge is -2.22. The van der Waals surface area contributed by atoms with Crippen molar-refractivity contribution in [3.8, 4) is 0 Å². The van der Waals surface area contributed by atoms with E-state index in [1.54, 1.807) is 13.3 Å². The van der Waals surface area contributed by atoms with E-state index in [4.69, 9.17) is 4.74 Å². The summed E-state index contributed by atoms with van der Waals surface area (Å²) in [7, 11) is 1.72. The summed E-state index contributed by atoms with van der Waals surface area (Å²) < 4.78 is 5.27. The van der Waals surface area contributed by atoms with Gasteiger partial charge < -0.3 is 10.1 Å². The van der Waals surface area contributed by atoms with Crippen molar-refractivity contribution in [1.29, 1.82) is 0 Å². The maximum absolute atomic E-state index is 5.27. The number of hydrogen-bond donors (Lipinski definition) is 2. The molecular formula is C9H17N3O. The summed E-state index contributed by atoms with van der Waals surface area (Å²) in [6.07, 6.45) is 1.75. The monoisotopic (exact) mass is 183 g/mol. The second-order valence-corrected chi connectivity index (χ2v) is 3.65. The molecule has 0 amide bonds. The van der Waals surface area contributed by atoms with Gasteiger partial charge in [0, 0.05) is 32.1 Å². The van der Waals surface area contributed by atoms with Gasteiger partial charge in [-0.1, -0.05) is 0 Å². The first-order valence-corrected chi connectivity index (χ1v) is 4.38. The fourth-order valence-electron chi connectivity index (χ4n) is 0.954. The fraction of sp³-hybridized carbons (Fsp3) is 0.667. The summed E-state index contributed by atoms with van der Waals surface area (Å²) in [5.74, 6) is 0. The Hall–Kier alpha value is -0.870. The van der Waals surface area contributed by atoms with Crippen molar-refractivity contribution in [3.05, 3.63) is 18.0 Å². The largest absolute Gasteiger partial charge is 0.377 e. The van der Waals surface area contributed by atoms with Crippen LogP contribution in [-0.2, 0) is 11.3 Å². The van der Waals surface area contributed by atoms with Gasteiger partial charge >= 0.3 is 0 Å². The van der Waals surface area contributed by atoms with Crippen LogP contribution in [0.3, 0.4) is 0 Å². The zero-order valence-corrected chi connectivity index (χ0v) is 8.42. The molecule has 0 saturated carbocycles. The lowest BCUT2D eigenvalue weighted by atomic mass is 10.1. The van der Waals surface area contributed by atoms with Crippen molar-refractivity contribution in [2.45, 2.75) is 26.0 Å². The van der Waals surface area contributed by atoms with Crippen LogP contribution in [0.1, 0.15) is 19.5 Å². The molecule has 1 aromatic heterocycles. The molecule has 74 valence electrons. The van der Waals surface area contributed by atoms with Gasteiger partial charge in [-0.3, -0.25) is 5.10 Å². The zero-order chi connectivity index (χ0) is 9.73. The Balaban J connectivity index is 2.21. The lowest BCUT2D eigenvalue weighted by molar-refractivity contribution is 0.0230. The molecule has 0 bridgehead atoms. The minimum Gasteiger partial charge on any atom is -0.377 e. The molecule has 0 spiro atoms. The molecule has 0 aromatic carbocycles. The number of methoxy groups -OCH3 is 1. The molecule has 13 heavy (non-hydrogen) atoms. The van der Waals surface area contributed by atoms with Crippen molar-refractivity contribution in [2.24, 2.45) is 0 Å². The van der Waals surface area contributed by atoms with E-state index in [0.717, 1.165) is 18.8 Å². The van der Waals surface area contributed by atoms with Gasteiger partial charge in [0.1, 0.15) is 0 Å². The first-order chi connectivity index (χ1) is 6.14. The van der Waals surface area contributed by atoms with Crippen LogP contribution in [-0.4, -0.2) is 29.5 Å². The molecule has 0 fully saturated rings. The second kappa shape index (κ2) is 4.39. The van der Waals surface area contributed by atoms with Gasteiger partial charge in [0.15, 0.2) is 0 Å². The van der Waals surface area contributed by atoms with E-state index in [2.05, 4.69) is 15.5 Å². The van der Waals surface area contributed by atoms with Crippen LogP contribution in [0.15, 0.2) is 12.3 Å². The second-order valence-electron chi connectivity index (χ2n) is 3.65. The number of aromatic amines is 1. The Morgan fingerprint density at radius 2 is 2.38 bits per heavy atom. The maximum atomic E-state index is 5.27. The molecule has 4 heteroatoms. The Morgan fingerprint density at radius 1 is 1.62 bits per heavy atom. The third-order valence-electron chi connectivity index (χ3n) is 1.98. The van der Waals surface area contributed by atoms with Crippen molar-refractivity contribution in [1.82, 2.24) is 15.5 Å². The molecule has 0 unspecified atom stereocenters. The minimum absolute atomic E-state index is 0.111. The molecule has 0 aliphatic heterocycles. The fourth-order valence-corrected chi connectivity index (χ4v) is 0.954. The number of aromatic nitrogens is 2. The third kappa shape index (κ3) is 3.57. The minimum atomic E-state index is -0.111. The van der Waals surface area contributed by atoms with Crippen LogP contribution >= 0.6 is 0 Å². The predicted molar refractivity (Wildman–Crippen MR) is 51.4 cm³/mol. The van der Waals surface area contributed by atoms with E-state index in [0.29, 0.717) is 0 Å². The first-order valence-electron chi connectivity index (χ1n) is 4.38. The average Bonchev–Trinajstić information content (AvgIpc) is 2.57. The molecule has 0 saturated heterocycles. The van der Waals surface area contributed by atoms with Crippen LogP contribution in [0.4, 0.5) is 0 Å². The van der Waals surface area contributed by atoms with Crippen molar-refractivity contribution in [2.75, 3.05) is 13.7 Å². The van der Waals surface area contributed by atoms with E-state index in [9.17, 15) is 0 Å². The molecule has 0 atom stereocenters. The van der Waals surface area contributed by atoms with Gasteiger partial charge in [0.25, 0.3) is 0 Å². The average molecular weight is 183 g/mol. The molecule has 0 aliphatic carbocycles. The molecule has 1 rings (SSSR count). The predicted octanol–water partition coefficient (Wildman–Crippen LogP) is 0.924. The van der Waals surface area contributed by atoms with Gasteiger partial charge in [-0.25, -0.2) is 0 Å². The normalized spacial score (nSPS) is 11.9. The molecular weight excluding hydrogens is 166 g/mol. The highest BCUT2D eigenvalue weighted by Crippen LogP contribution is 2.04. The molecule has 2 N–H and O–H groups in total. The van der Waals surface area contributed by atoms with E-state index in [1.165, 1.54) is 0 Å². The van der Waals surface area contributed by atoms with E-state index >= 15 is 0 Å². The van der Waals surface area contributed by atoms with Crippen molar-refractivity contribution >= 4 is 0 Å². The number of rotatable bonds is 5. The lowest BCUT2D eigenvalue weighted by Crippen LogP contribution is -2.36. The standard InChI is InChI=1S/C9H17N3O/c1-9(2,13-3)7-10-6-8-4-5-11-12-8/h4-5,10H,6-7H2,1-3H3,(H,11,12). The van der Waals surface area contributed by atoms with Gasteiger partial charge in [0.2, 0.25) is 0 Å². The van der Waals surface area contributed by atoms with Crippen LogP contribution in [0.5, 0.6) is 0 Å². The molecule has 0 radical (unpaired) electrons. The summed E-state index contributed by atoms with van der Waals surface area (Å²) in [5, 5.41) is 10.0. The van der Waals surface area contributed by atoms with Gasteiger partial charge in [-0.05, 0) is 19.9 Å². The highest BCUT2D eigenvalue weighted by atomic mass is 16.5. The van der Waals surface area contributed by atoms with E-state index in [1.807, 2.05) is 19.9 Å². The Kier molecular flexibility index (Phi) is 3.45. The number of H-pyrrole nitrogens is 1. The smallest absolute Gasteiger partial charge is 0.0746 e. The van der Waals surface area contributed by atoms with Crippen LogP contribution in [0.25, 0.3) is 0 Å². The summed E-state index contributed by atoms with van der Waals surface area (Å²) in [4.78, 5) is 0. The van der Waals surface area contributed by atoms with E-state index < -0.39 is 0 Å². The quantitative estimate of drug-likeness (QED) is 0.713. The van der Waals surface area contributed by atoms with Gasteiger partial charge in [-0.2, -0.15) is 5.10 Å². The van der Waals surface area contributed by atoms with Crippen LogP contribution in [0.2, 0.25) is 0 Å². The Morgan fingerprint density at radius 3 is 2.92 bits per heavy atom. The SMILES string of the molecule is COC(C)(C)CNCc1ccn[nH]1. The summed E-state index contributed by atoms with van der Waals surface area (Å²) >= 11 is 0. The highest BCUT2D eigenvalue weighted by molar-refractivity contribution is 4.96. The van der Waals surface area contributed by atoms with E-state index in [-0.39, 0.29) is 5.60 Å². The number of hydrogen-bond acceptors (Lipinski definition) is 3. The number of nitrogens with zero attached hydrogens (tertiary/aromatic N) is 1.